The van der Waals surface area contributed by atoms with E-state index in [0.717, 1.165) is 13.1 Å². The predicted octanol–water partition coefficient (Wildman–Crippen LogP) is -0.645. The molecule has 1 saturated heterocycles. The standard InChI is InChI=1S/C9H16N2O2/c1-2-5-11-6-4-10-8(3-7-12)9(11)13/h2,8,10,12H,1,3-7H2. The van der Waals surface area contributed by atoms with Crippen LogP contribution in [0.5, 0.6) is 0 Å². The van der Waals surface area contributed by atoms with E-state index < -0.39 is 0 Å². The zero-order valence-corrected chi connectivity index (χ0v) is 7.70. The van der Waals surface area contributed by atoms with Crippen molar-refractivity contribution in [2.45, 2.75) is 12.5 Å². The first-order valence-corrected chi connectivity index (χ1v) is 4.53. The molecule has 0 radical (unpaired) electrons. The van der Waals surface area contributed by atoms with E-state index in [0.29, 0.717) is 13.0 Å². The molecule has 1 atom stereocenters. The third kappa shape index (κ3) is 2.54. The zero-order chi connectivity index (χ0) is 9.68. The molecule has 0 aromatic carbocycles. The highest BCUT2D eigenvalue weighted by molar-refractivity contribution is 5.82. The minimum Gasteiger partial charge on any atom is -0.396 e. The number of amides is 1. The van der Waals surface area contributed by atoms with Gasteiger partial charge in [-0.15, -0.1) is 6.58 Å². The second-order valence-electron chi connectivity index (χ2n) is 3.09. The Morgan fingerprint density at radius 1 is 1.77 bits per heavy atom. The molecule has 2 N–H and O–H groups in total. The van der Waals surface area contributed by atoms with Crippen molar-refractivity contribution in [3.63, 3.8) is 0 Å². The van der Waals surface area contributed by atoms with Gasteiger partial charge in [0.15, 0.2) is 0 Å². The van der Waals surface area contributed by atoms with E-state index in [1.54, 1.807) is 11.0 Å². The quantitative estimate of drug-likeness (QED) is 0.571. The number of piperazine rings is 1. The van der Waals surface area contributed by atoms with E-state index in [-0.39, 0.29) is 18.6 Å². The Morgan fingerprint density at radius 2 is 2.54 bits per heavy atom. The number of hydrogen-bond acceptors (Lipinski definition) is 3. The molecule has 0 aliphatic carbocycles. The van der Waals surface area contributed by atoms with Crippen LogP contribution in [0.3, 0.4) is 0 Å². The molecular weight excluding hydrogens is 168 g/mol. The molecule has 1 aliphatic rings. The van der Waals surface area contributed by atoms with Gasteiger partial charge in [0.2, 0.25) is 5.91 Å². The molecule has 13 heavy (non-hydrogen) atoms. The molecule has 1 unspecified atom stereocenters. The van der Waals surface area contributed by atoms with Gasteiger partial charge >= 0.3 is 0 Å². The number of aliphatic hydroxyl groups excluding tert-OH is 1. The third-order valence-corrected chi connectivity index (χ3v) is 2.15. The fraction of sp³-hybridized carbons (Fsp3) is 0.667. The third-order valence-electron chi connectivity index (χ3n) is 2.15. The summed E-state index contributed by atoms with van der Waals surface area (Å²) in [5.41, 5.74) is 0. The van der Waals surface area contributed by atoms with Gasteiger partial charge in [-0.3, -0.25) is 4.79 Å². The zero-order valence-electron chi connectivity index (χ0n) is 7.70. The van der Waals surface area contributed by atoms with Crippen LogP contribution in [0.2, 0.25) is 0 Å². The van der Waals surface area contributed by atoms with Crippen LogP contribution in [0, 0.1) is 0 Å². The van der Waals surface area contributed by atoms with Gasteiger partial charge in [0.05, 0.1) is 6.04 Å². The van der Waals surface area contributed by atoms with E-state index in [1.807, 2.05) is 0 Å². The second kappa shape index (κ2) is 4.99. The SMILES string of the molecule is C=CCN1CCNC(CCO)C1=O. The van der Waals surface area contributed by atoms with Gasteiger partial charge in [0, 0.05) is 26.2 Å². The lowest BCUT2D eigenvalue weighted by Crippen LogP contribution is -2.55. The second-order valence-corrected chi connectivity index (χ2v) is 3.09. The molecule has 1 aliphatic heterocycles. The Labute approximate surface area is 78.2 Å². The van der Waals surface area contributed by atoms with Gasteiger partial charge in [-0.05, 0) is 6.42 Å². The normalized spacial score (nSPS) is 23.3. The first-order chi connectivity index (χ1) is 6.29. The van der Waals surface area contributed by atoms with Crippen molar-refractivity contribution < 1.29 is 9.90 Å². The summed E-state index contributed by atoms with van der Waals surface area (Å²) in [6.07, 6.45) is 2.21. The molecule has 1 amide bonds. The van der Waals surface area contributed by atoms with Gasteiger partial charge in [-0.25, -0.2) is 0 Å². The highest BCUT2D eigenvalue weighted by Gasteiger charge is 2.26. The van der Waals surface area contributed by atoms with Crippen LogP contribution >= 0.6 is 0 Å². The van der Waals surface area contributed by atoms with Crippen molar-refractivity contribution in [2.75, 3.05) is 26.2 Å². The van der Waals surface area contributed by atoms with Crippen LogP contribution in [0.25, 0.3) is 0 Å². The average Bonchev–Trinajstić information content (AvgIpc) is 2.13. The van der Waals surface area contributed by atoms with Crippen LogP contribution < -0.4 is 5.32 Å². The highest BCUT2D eigenvalue weighted by atomic mass is 16.3. The predicted molar refractivity (Wildman–Crippen MR) is 50.3 cm³/mol. The van der Waals surface area contributed by atoms with Crippen molar-refractivity contribution in [1.29, 1.82) is 0 Å². The van der Waals surface area contributed by atoms with Crippen LogP contribution in [0.4, 0.5) is 0 Å². The van der Waals surface area contributed by atoms with Crippen LogP contribution in [-0.4, -0.2) is 48.2 Å². The Bertz CT molecular complexity index is 192. The molecule has 4 heteroatoms. The number of carbonyl (C=O) groups is 1. The molecular formula is C9H16N2O2. The molecule has 1 rings (SSSR count). The Kier molecular flexibility index (Phi) is 3.92. The maximum absolute atomic E-state index is 11.6. The van der Waals surface area contributed by atoms with E-state index in [2.05, 4.69) is 11.9 Å². The summed E-state index contributed by atoms with van der Waals surface area (Å²) in [5, 5.41) is 11.8. The van der Waals surface area contributed by atoms with Crippen molar-refractivity contribution in [1.82, 2.24) is 10.2 Å². The number of aliphatic hydroxyl groups is 1. The minimum atomic E-state index is -0.210. The van der Waals surface area contributed by atoms with Gasteiger partial charge < -0.3 is 15.3 Å². The Hall–Kier alpha value is -0.870. The maximum Gasteiger partial charge on any atom is 0.240 e. The molecule has 0 aromatic rings. The van der Waals surface area contributed by atoms with Gasteiger partial charge in [0.1, 0.15) is 0 Å². The Morgan fingerprint density at radius 3 is 3.15 bits per heavy atom. The van der Waals surface area contributed by atoms with Gasteiger partial charge in [-0.1, -0.05) is 6.08 Å². The first kappa shape index (κ1) is 10.2. The lowest BCUT2D eigenvalue weighted by molar-refractivity contribution is -0.135. The topological polar surface area (TPSA) is 52.6 Å². The lowest BCUT2D eigenvalue weighted by atomic mass is 10.1. The van der Waals surface area contributed by atoms with Crippen LogP contribution in [-0.2, 0) is 4.79 Å². The van der Waals surface area contributed by atoms with E-state index in [4.69, 9.17) is 5.11 Å². The van der Waals surface area contributed by atoms with Crippen molar-refractivity contribution in [3.05, 3.63) is 12.7 Å². The Balaban J connectivity index is 2.49. The molecule has 0 spiro atoms. The van der Waals surface area contributed by atoms with Gasteiger partial charge in [-0.2, -0.15) is 0 Å². The summed E-state index contributed by atoms with van der Waals surface area (Å²) in [6.45, 7) is 5.77. The molecule has 0 bridgehead atoms. The van der Waals surface area contributed by atoms with Crippen LogP contribution in [0.1, 0.15) is 6.42 Å². The summed E-state index contributed by atoms with van der Waals surface area (Å²) in [5.74, 6) is 0.0696. The number of hydrogen-bond donors (Lipinski definition) is 2. The molecule has 0 saturated carbocycles. The van der Waals surface area contributed by atoms with Crippen molar-refractivity contribution in [2.24, 2.45) is 0 Å². The summed E-state index contributed by atoms with van der Waals surface area (Å²) >= 11 is 0. The molecule has 74 valence electrons. The molecule has 1 fully saturated rings. The number of nitrogens with one attached hydrogen (secondary N) is 1. The highest BCUT2D eigenvalue weighted by Crippen LogP contribution is 2.04. The summed E-state index contributed by atoms with van der Waals surface area (Å²) < 4.78 is 0. The summed E-state index contributed by atoms with van der Waals surface area (Å²) in [7, 11) is 0. The summed E-state index contributed by atoms with van der Waals surface area (Å²) in [6, 6.07) is -0.210. The fourth-order valence-corrected chi connectivity index (χ4v) is 1.48. The van der Waals surface area contributed by atoms with E-state index >= 15 is 0 Å². The number of rotatable bonds is 4. The number of carbonyl (C=O) groups excluding carboxylic acids is 1. The van der Waals surface area contributed by atoms with Gasteiger partial charge in [0.25, 0.3) is 0 Å². The van der Waals surface area contributed by atoms with E-state index in [9.17, 15) is 4.79 Å². The van der Waals surface area contributed by atoms with Crippen molar-refractivity contribution >= 4 is 5.91 Å². The van der Waals surface area contributed by atoms with Crippen LogP contribution in [0.15, 0.2) is 12.7 Å². The maximum atomic E-state index is 11.6. The average molecular weight is 184 g/mol. The lowest BCUT2D eigenvalue weighted by Gasteiger charge is -2.32. The largest absolute Gasteiger partial charge is 0.396 e. The molecule has 4 nitrogen and oxygen atoms in total. The molecule has 1 heterocycles. The number of nitrogens with zero attached hydrogens (tertiary/aromatic N) is 1. The van der Waals surface area contributed by atoms with Crippen molar-refractivity contribution in [3.8, 4) is 0 Å². The first-order valence-electron chi connectivity index (χ1n) is 4.53. The summed E-state index contributed by atoms with van der Waals surface area (Å²) in [4.78, 5) is 13.4. The minimum absolute atomic E-state index is 0.0470. The fourth-order valence-electron chi connectivity index (χ4n) is 1.48. The monoisotopic (exact) mass is 184 g/mol. The van der Waals surface area contributed by atoms with E-state index in [1.165, 1.54) is 0 Å². The molecule has 0 aromatic heterocycles. The smallest absolute Gasteiger partial charge is 0.240 e.